The molecule has 0 radical (unpaired) electrons. The number of carboxylic acids is 1. The third-order valence-electron chi connectivity index (χ3n) is 3.70. The van der Waals surface area contributed by atoms with E-state index < -0.39 is 5.97 Å². The maximum absolute atomic E-state index is 12.0. The fraction of sp³-hybridized carbons (Fsp3) is 0.467. The van der Waals surface area contributed by atoms with Gasteiger partial charge in [-0.1, -0.05) is 26.0 Å². The number of benzene rings is 1. The molecule has 0 aromatic heterocycles. The summed E-state index contributed by atoms with van der Waals surface area (Å²) in [6.45, 7) is 4.74. The molecule has 116 valence electrons. The molecular weight excluding hydrogens is 288 g/mol. The van der Waals surface area contributed by atoms with E-state index in [0.29, 0.717) is 12.2 Å². The molecule has 3 N–H and O–H groups in total. The first-order valence-electron chi connectivity index (χ1n) is 6.90. The van der Waals surface area contributed by atoms with Crippen molar-refractivity contribution >= 4 is 29.4 Å². The molecule has 0 fully saturated rings. The van der Waals surface area contributed by atoms with Crippen LogP contribution in [-0.2, 0) is 0 Å². The number of amides is 2. The van der Waals surface area contributed by atoms with Crippen LogP contribution in [0, 0.1) is 0 Å². The third-order valence-corrected chi connectivity index (χ3v) is 5.29. The zero-order valence-electron chi connectivity index (χ0n) is 12.6. The molecule has 2 amide bonds. The molecule has 0 heterocycles. The van der Waals surface area contributed by atoms with E-state index in [1.54, 1.807) is 30.0 Å². The lowest BCUT2D eigenvalue weighted by molar-refractivity contribution is 0.0698. The van der Waals surface area contributed by atoms with Gasteiger partial charge in [0.1, 0.15) is 0 Å². The molecule has 0 saturated heterocycles. The maximum Gasteiger partial charge on any atom is 0.337 e. The molecule has 0 unspecified atom stereocenters. The Bertz CT molecular complexity index is 493. The second kappa shape index (κ2) is 7.93. The Balaban J connectivity index is 2.69. The lowest BCUT2D eigenvalue weighted by Gasteiger charge is -2.29. The lowest BCUT2D eigenvalue weighted by Crippen LogP contribution is -2.41. The number of rotatable bonds is 7. The summed E-state index contributed by atoms with van der Waals surface area (Å²) >= 11 is 1.74. The van der Waals surface area contributed by atoms with Crippen LogP contribution in [0.25, 0.3) is 0 Å². The Morgan fingerprint density at radius 1 is 1.24 bits per heavy atom. The van der Waals surface area contributed by atoms with Crippen LogP contribution in [0.5, 0.6) is 0 Å². The lowest BCUT2D eigenvalue weighted by atomic mass is 10.0. The molecule has 0 bridgehead atoms. The summed E-state index contributed by atoms with van der Waals surface area (Å²) in [6.07, 6.45) is 3.94. The minimum Gasteiger partial charge on any atom is -0.478 e. The fourth-order valence-electron chi connectivity index (χ4n) is 2.05. The summed E-state index contributed by atoms with van der Waals surface area (Å²) in [5.74, 6) is -1.06. The molecule has 1 rings (SSSR count). The highest BCUT2D eigenvalue weighted by atomic mass is 32.2. The summed E-state index contributed by atoms with van der Waals surface area (Å²) in [5.41, 5.74) is 0.375. The number of nitrogens with one attached hydrogen (secondary N) is 2. The Kier molecular flexibility index (Phi) is 6.55. The van der Waals surface area contributed by atoms with Crippen molar-refractivity contribution in [3.63, 3.8) is 0 Å². The Labute approximate surface area is 129 Å². The fourth-order valence-corrected chi connectivity index (χ4v) is 2.84. The average Bonchev–Trinajstić information content (AvgIpc) is 2.49. The smallest absolute Gasteiger partial charge is 0.337 e. The number of carboxylic acid groups (broad SMARTS) is 1. The summed E-state index contributed by atoms with van der Waals surface area (Å²) in [7, 11) is 0. The summed E-state index contributed by atoms with van der Waals surface area (Å²) < 4.78 is 0.0175. The van der Waals surface area contributed by atoms with E-state index in [0.717, 1.165) is 12.8 Å². The van der Waals surface area contributed by atoms with Crippen LogP contribution in [0.15, 0.2) is 24.3 Å². The molecule has 0 spiro atoms. The van der Waals surface area contributed by atoms with Gasteiger partial charge in [-0.2, -0.15) is 11.8 Å². The largest absolute Gasteiger partial charge is 0.478 e. The van der Waals surface area contributed by atoms with E-state index in [9.17, 15) is 9.59 Å². The van der Waals surface area contributed by atoms with Crippen molar-refractivity contribution in [2.75, 3.05) is 18.1 Å². The third kappa shape index (κ3) is 4.67. The zero-order chi connectivity index (χ0) is 15.9. The van der Waals surface area contributed by atoms with Gasteiger partial charge in [0.25, 0.3) is 0 Å². The van der Waals surface area contributed by atoms with Crippen LogP contribution in [0.1, 0.15) is 37.0 Å². The van der Waals surface area contributed by atoms with Crippen molar-refractivity contribution in [3.05, 3.63) is 29.8 Å². The minimum atomic E-state index is -1.06. The number of anilines is 1. The number of urea groups is 1. The topological polar surface area (TPSA) is 78.4 Å². The first kappa shape index (κ1) is 17.4. The van der Waals surface area contributed by atoms with Crippen LogP contribution in [0.2, 0.25) is 0 Å². The van der Waals surface area contributed by atoms with Crippen LogP contribution >= 0.6 is 11.8 Å². The summed E-state index contributed by atoms with van der Waals surface area (Å²) in [5, 5.41) is 14.5. The number of hydrogen-bond acceptors (Lipinski definition) is 3. The molecule has 0 atom stereocenters. The van der Waals surface area contributed by atoms with Gasteiger partial charge >= 0.3 is 12.0 Å². The number of carbonyl (C=O) groups is 2. The molecule has 1 aromatic rings. The summed E-state index contributed by atoms with van der Waals surface area (Å²) in [4.78, 5) is 23.0. The molecule has 0 aliphatic heterocycles. The standard InChI is InChI=1S/C15H22N2O3S/c1-4-15(5-2,21-3)10-16-14(20)17-12-9-7-6-8-11(12)13(18)19/h6-9H,4-5,10H2,1-3H3,(H,18,19)(H2,16,17,20). The highest BCUT2D eigenvalue weighted by molar-refractivity contribution is 8.00. The SMILES string of the molecule is CCC(CC)(CNC(=O)Nc1ccccc1C(=O)O)SC. The monoisotopic (exact) mass is 310 g/mol. The normalized spacial score (nSPS) is 11.0. The number of thioether (sulfide) groups is 1. The average molecular weight is 310 g/mol. The van der Waals surface area contributed by atoms with Crippen molar-refractivity contribution in [3.8, 4) is 0 Å². The van der Waals surface area contributed by atoms with E-state index in [1.165, 1.54) is 6.07 Å². The van der Waals surface area contributed by atoms with Crippen molar-refractivity contribution in [2.24, 2.45) is 0 Å². The number of aromatic carboxylic acids is 1. The molecule has 5 nitrogen and oxygen atoms in total. The van der Waals surface area contributed by atoms with E-state index in [-0.39, 0.29) is 16.3 Å². The molecular formula is C15H22N2O3S. The van der Waals surface area contributed by atoms with Crippen LogP contribution < -0.4 is 10.6 Å². The molecule has 21 heavy (non-hydrogen) atoms. The predicted octanol–water partition coefficient (Wildman–Crippen LogP) is 3.43. The Hall–Kier alpha value is -1.69. The van der Waals surface area contributed by atoms with Gasteiger partial charge in [-0.25, -0.2) is 9.59 Å². The van der Waals surface area contributed by atoms with E-state index in [2.05, 4.69) is 24.5 Å². The molecule has 0 aliphatic rings. The second-order valence-corrected chi connectivity index (χ2v) is 6.03. The van der Waals surface area contributed by atoms with E-state index in [4.69, 9.17) is 5.11 Å². The predicted molar refractivity (Wildman–Crippen MR) is 87.3 cm³/mol. The van der Waals surface area contributed by atoms with Gasteiger partial charge in [-0.15, -0.1) is 0 Å². The van der Waals surface area contributed by atoms with Crippen molar-refractivity contribution in [1.29, 1.82) is 0 Å². The summed E-state index contributed by atoms with van der Waals surface area (Å²) in [6, 6.07) is 5.96. The van der Waals surface area contributed by atoms with Gasteiger partial charge in [0.15, 0.2) is 0 Å². The van der Waals surface area contributed by atoms with Crippen molar-refractivity contribution < 1.29 is 14.7 Å². The first-order chi connectivity index (χ1) is 9.98. The van der Waals surface area contributed by atoms with Crippen LogP contribution in [0.3, 0.4) is 0 Å². The van der Waals surface area contributed by atoms with Crippen molar-refractivity contribution in [1.82, 2.24) is 5.32 Å². The molecule has 0 saturated carbocycles. The molecule has 6 heteroatoms. The van der Waals surface area contributed by atoms with Gasteiger partial charge in [0.05, 0.1) is 11.3 Å². The highest BCUT2D eigenvalue weighted by Crippen LogP contribution is 2.29. The second-order valence-electron chi connectivity index (χ2n) is 4.75. The Morgan fingerprint density at radius 2 is 1.86 bits per heavy atom. The van der Waals surface area contributed by atoms with E-state index >= 15 is 0 Å². The number of carbonyl (C=O) groups excluding carboxylic acids is 1. The van der Waals surface area contributed by atoms with E-state index in [1.807, 2.05) is 6.26 Å². The number of hydrogen-bond donors (Lipinski definition) is 3. The zero-order valence-corrected chi connectivity index (χ0v) is 13.4. The van der Waals surface area contributed by atoms with Gasteiger partial charge in [-0.3, -0.25) is 0 Å². The Morgan fingerprint density at radius 3 is 2.38 bits per heavy atom. The maximum atomic E-state index is 12.0. The van der Waals surface area contributed by atoms with Gasteiger partial charge in [0.2, 0.25) is 0 Å². The first-order valence-corrected chi connectivity index (χ1v) is 8.12. The van der Waals surface area contributed by atoms with Gasteiger partial charge in [-0.05, 0) is 31.2 Å². The molecule has 0 aliphatic carbocycles. The number of para-hydroxylation sites is 1. The molecule has 1 aromatic carbocycles. The van der Waals surface area contributed by atoms with Crippen LogP contribution in [0.4, 0.5) is 10.5 Å². The highest BCUT2D eigenvalue weighted by Gasteiger charge is 2.25. The quantitative estimate of drug-likeness (QED) is 0.721. The van der Waals surface area contributed by atoms with Gasteiger partial charge in [0, 0.05) is 11.3 Å². The van der Waals surface area contributed by atoms with Crippen LogP contribution in [-0.4, -0.2) is 34.7 Å². The van der Waals surface area contributed by atoms with Gasteiger partial charge < -0.3 is 15.7 Å². The van der Waals surface area contributed by atoms with Crippen molar-refractivity contribution in [2.45, 2.75) is 31.4 Å². The minimum absolute atomic E-state index is 0.0175.